The van der Waals surface area contributed by atoms with Gasteiger partial charge in [-0.1, -0.05) is 6.92 Å². The summed E-state index contributed by atoms with van der Waals surface area (Å²) in [7, 11) is -0.970. The highest BCUT2D eigenvalue weighted by Gasteiger charge is 2.26. The third-order valence-electron chi connectivity index (χ3n) is 2.50. The SMILES string of the molecule is COC(=O)[C@H](C)CN(C)S(=O)(=O)c1cnc(C)[nH]1. The zero-order valence-corrected chi connectivity index (χ0v) is 11.6. The average Bonchev–Trinajstić information content (AvgIpc) is 2.75. The second-order valence-corrected chi connectivity index (χ2v) is 6.06. The molecule has 0 aromatic carbocycles. The van der Waals surface area contributed by atoms with Crippen molar-refractivity contribution in [1.82, 2.24) is 14.3 Å². The number of nitrogens with one attached hydrogen (secondary N) is 1. The Balaban J connectivity index is 2.83. The monoisotopic (exact) mass is 275 g/mol. The van der Waals surface area contributed by atoms with Gasteiger partial charge in [-0.15, -0.1) is 0 Å². The van der Waals surface area contributed by atoms with Gasteiger partial charge in [0.2, 0.25) is 0 Å². The normalized spacial score (nSPS) is 13.6. The van der Waals surface area contributed by atoms with Gasteiger partial charge in [-0.3, -0.25) is 4.79 Å². The molecule has 0 radical (unpaired) electrons. The summed E-state index contributed by atoms with van der Waals surface area (Å²) in [4.78, 5) is 17.8. The van der Waals surface area contributed by atoms with Gasteiger partial charge in [0.15, 0.2) is 5.03 Å². The van der Waals surface area contributed by atoms with Crippen molar-refractivity contribution in [2.24, 2.45) is 5.92 Å². The van der Waals surface area contributed by atoms with Gasteiger partial charge in [0.1, 0.15) is 5.82 Å². The van der Waals surface area contributed by atoms with E-state index in [1.807, 2.05) is 0 Å². The van der Waals surface area contributed by atoms with Crippen LogP contribution in [0, 0.1) is 12.8 Å². The maximum atomic E-state index is 12.1. The van der Waals surface area contributed by atoms with Crippen LogP contribution < -0.4 is 0 Å². The first kappa shape index (κ1) is 14.7. The van der Waals surface area contributed by atoms with Gasteiger partial charge in [0.05, 0.1) is 19.2 Å². The molecule has 1 rings (SSSR count). The number of carbonyl (C=O) groups is 1. The molecule has 1 aromatic rings. The van der Waals surface area contributed by atoms with Crippen molar-refractivity contribution < 1.29 is 17.9 Å². The fourth-order valence-electron chi connectivity index (χ4n) is 1.46. The second-order valence-electron chi connectivity index (χ2n) is 4.04. The maximum absolute atomic E-state index is 12.1. The van der Waals surface area contributed by atoms with Crippen LogP contribution in [-0.4, -0.2) is 49.4 Å². The Bertz CT molecular complexity index is 523. The summed E-state index contributed by atoms with van der Waals surface area (Å²) in [6.45, 7) is 3.32. The number of imidazole rings is 1. The molecule has 1 atom stereocenters. The van der Waals surface area contributed by atoms with Crippen LogP contribution >= 0.6 is 0 Å². The maximum Gasteiger partial charge on any atom is 0.309 e. The topological polar surface area (TPSA) is 92.4 Å². The lowest BCUT2D eigenvalue weighted by Crippen LogP contribution is -2.34. The molecular weight excluding hydrogens is 258 g/mol. The smallest absolute Gasteiger partial charge is 0.309 e. The van der Waals surface area contributed by atoms with Crippen LogP contribution in [0.1, 0.15) is 12.7 Å². The number of hydrogen-bond acceptors (Lipinski definition) is 5. The van der Waals surface area contributed by atoms with Gasteiger partial charge in [-0.25, -0.2) is 13.4 Å². The van der Waals surface area contributed by atoms with E-state index in [2.05, 4.69) is 14.7 Å². The van der Waals surface area contributed by atoms with Gasteiger partial charge in [-0.05, 0) is 6.92 Å². The van der Waals surface area contributed by atoms with Gasteiger partial charge >= 0.3 is 5.97 Å². The highest BCUT2D eigenvalue weighted by atomic mass is 32.2. The minimum atomic E-state index is -3.65. The molecule has 0 spiro atoms. The van der Waals surface area contributed by atoms with Crippen molar-refractivity contribution in [1.29, 1.82) is 0 Å². The number of aromatic amines is 1. The summed E-state index contributed by atoms with van der Waals surface area (Å²) >= 11 is 0. The van der Waals surface area contributed by atoms with Gasteiger partial charge < -0.3 is 9.72 Å². The minimum Gasteiger partial charge on any atom is -0.469 e. The summed E-state index contributed by atoms with van der Waals surface area (Å²) in [5, 5.41) is 0.0135. The number of H-pyrrole nitrogens is 1. The van der Waals surface area contributed by atoms with Crippen LogP contribution in [-0.2, 0) is 19.6 Å². The van der Waals surface area contributed by atoms with Crippen LogP contribution in [0.3, 0.4) is 0 Å². The molecule has 0 unspecified atom stereocenters. The quantitative estimate of drug-likeness (QED) is 0.772. The predicted molar refractivity (Wildman–Crippen MR) is 64.3 cm³/mol. The number of esters is 1. The van der Waals surface area contributed by atoms with Gasteiger partial charge in [-0.2, -0.15) is 4.31 Å². The molecule has 102 valence electrons. The lowest BCUT2D eigenvalue weighted by molar-refractivity contribution is -0.144. The summed E-state index contributed by atoms with van der Waals surface area (Å²) in [6.07, 6.45) is 1.25. The summed E-state index contributed by atoms with van der Waals surface area (Å²) < 4.78 is 29.8. The van der Waals surface area contributed by atoms with Crippen molar-refractivity contribution in [3.63, 3.8) is 0 Å². The van der Waals surface area contributed by atoms with E-state index in [1.165, 1.54) is 20.4 Å². The van der Waals surface area contributed by atoms with Crippen LogP contribution in [0.5, 0.6) is 0 Å². The number of carbonyl (C=O) groups excluding carboxylic acids is 1. The number of hydrogen-bond donors (Lipinski definition) is 1. The van der Waals surface area contributed by atoms with Crippen molar-refractivity contribution >= 4 is 16.0 Å². The molecule has 0 saturated heterocycles. The van der Waals surface area contributed by atoms with E-state index in [1.54, 1.807) is 13.8 Å². The Labute approximate surface area is 106 Å². The number of sulfonamides is 1. The Morgan fingerprint density at radius 3 is 2.67 bits per heavy atom. The molecule has 8 heteroatoms. The molecular formula is C10H17N3O4S. The molecule has 0 aliphatic rings. The average molecular weight is 275 g/mol. The van der Waals surface area contributed by atoms with Gasteiger partial charge in [0.25, 0.3) is 10.0 Å². The number of ether oxygens (including phenoxy) is 1. The molecule has 1 aromatic heterocycles. The molecule has 0 aliphatic carbocycles. The molecule has 7 nitrogen and oxygen atoms in total. The standard InChI is InChI=1S/C10H17N3O4S/c1-7(10(14)17-4)6-13(3)18(15,16)9-5-11-8(2)12-9/h5,7H,6H2,1-4H3,(H,11,12)/t7-/m1/s1. The Morgan fingerprint density at radius 2 is 2.22 bits per heavy atom. The van der Waals surface area contributed by atoms with E-state index in [0.717, 1.165) is 4.31 Å². The molecule has 0 aliphatic heterocycles. The minimum absolute atomic E-state index is 0.0135. The second kappa shape index (κ2) is 5.49. The van der Waals surface area contributed by atoms with E-state index in [-0.39, 0.29) is 11.6 Å². The van der Waals surface area contributed by atoms with Crippen LogP contribution in [0.25, 0.3) is 0 Å². The van der Waals surface area contributed by atoms with Crippen LogP contribution in [0.2, 0.25) is 0 Å². The Hall–Kier alpha value is -1.41. The van der Waals surface area contributed by atoms with Crippen LogP contribution in [0.15, 0.2) is 11.2 Å². The summed E-state index contributed by atoms with van der Waals surface area (Å²) in [6, 6.07) is 0. The third-order valence-corrected chi connectivity index (χ3v) is 4.24. The van der Waals surface area contributed by atoms with Crippen LogP contribution in [0.4, 0.5) is 0 Å². The van der Waals surface area contributed by atoms with Crippen molar-refractivity contribution in [2.75, 3.05) is 20.7 Å². The van der Waals surface area contributed by atoms with Crippen molar-refractivity contribution in [3.8, 4) is 0 Å². The third kappa shape index (κ3) is 3.08. The van der Waals surface area contributed by atoms with E-state index in [9.17, 15) is 13.2 Å². The first-order valence-corrected chi connectivity index (χ1v) is 6.78. The van der Waals surface area contributed by atoms with Crippen molar-refractivity contribution in [3.05, 3.63) is 12.0 Å². The number of nitrogens with zero attached hydrogens (tertiary/aromatic N) is 2. The largest absolute Gasteiger partial charge is 0.469 e. The van der Waals surface area contributed by atoms with E-state index in [4.69, 9.17) is 0 Å². The first-order valence-electron chi connectivity index (χ1n) is 5.34. The first-order chi connectivity index (χ1) is 8.28. The fourth-order valence-corrected chi connectivity index (χ4v) is 2.68. The van der Waals surface area contributed by atoms with E-state index < -0.39 is 21.9 Å². The number of methoxy groups -OCH3 is 1. The molecule has 0 amide bonds. The Morgan fingerprint density at radius 1 is 1.61 bits per heavy atom. The molecule has 0 fully saturated rings. The van der Waals surface area contributed by atoms with E-state index >= 15 is 0 Å². The van der Waals surface area contributed by atoms with Gasteiger partial charge in [0, 0.05) is 13.6 Å². The molecule has 0 bridgehead atoms. The zero-order valence-electron chi connectivity index (χ0n) is 10.8. The summed E-state index contributed by atoms with van der Waals surface area (Å²) in [5.74, 6) is -0.459. The lowest BCUT2D eigenvalue weighted by Gasteiger charge is -2.18. The summed E-state index contributed by atoms with van der Waals surface area (Å²) in [5.41, 5.74) is 0. The zero-order chi connectivity index (χ0) is 13.9. The molecule has 1 N–H and O–H groups in total. The highest BCUT2D eigenvalue weighted by Crippen LogP contribution is 2.13. The molecule has 1 heterocycles. The molecule has 0 saturated carbocycles. The van der Waals surface area contributed by atoms with E-state index in [0.29, 0.717) is 5.82 Å². The molecule has 18 heavy (non-hydrogen) atoms. The van der Waals surface area contributed by atoms with Crippen molar-refractivity contribution in [2.45, 2.75) is 18.9 Å². The Kier molecular flexibility index (Phi) is 4.47. The number of aryl methyl sites for hydroxylation is 1. The number of aromatic nitrogens is 2. The predicted octanol–water partition coefficient (Wildman–Crippen LogP) is 0.148. The highest BCUT2D eigenvalue weighted by molar-refractivity contribution is 7.89. The number of rotatable bonds is 5. The lowest BCUT2D eigenvalue weighted by atomic mass is 10.2. The fraction of sp³-hybridized carbons (Fsp3) is 0.600.